The number of methoxy groups -OCH3 is 2. The number of carbonyl (C=O) groups is 5. The predicted molar refractivity (Wildman–Crippen MR) is 205 cm³/mol. The second-order valence-corrected chi connectivity index (χ2v) is 15.4. The Labute approximate surface area is 317 Å². The molecule has 0 saturated carbocycles. The Morgan fingerprint density at radius 1 is 1.00 bits per heavy atom. The third-order valence-corrected chi connectivity index (χ3v) is 11.0. The number of ether oxygens (including phenoxy) is 2. The number of likely N-dealkylation sites (tertiary alicyclic amines) is 1. The number of aliphatic carboxylic acids is 1. The number of nitrogens with one attached hydrogen (secondary N) is 2. The summed E-state index contributed by atoms with van der Waals surface area (Å²) in [5, 5.41) is 15.8. The van der Waals surface area contributed by atoms with Crippen molar-refractivity contribution in [1.29, 1.82) is 0 Å². The highest BCUT2D eigenvalue weighted by molar-refractivity contribution is 5.89. The molecule has 0 spiro atoms. The third kappa shape index (κ3) is 11.6. The molecule has 1 aliphatic rings. The number of rotatable bonds is 20. The number of nitrogens with zero attached hydrogens (tertiary/aromatic N) is 3. The van der Waals surface area contributed by atoms with Crippen molar-refractivity contribution in [3.05, 3.63) is 35.9 Å². The second-order valence-electron chi connectivity index (χ2n) is 15.4. The molecule has 8 atom stereocenters. The van der Waals surface area contributed by atoms with E-state index in [1.165, 1.54) is 21.1 Å². The van der Waals surface area contributed by atoms with Gasteiger partial charge in [0.05, 0.1) is 36.6 Å². The van der Waals surface area contributed by atoms with Gasteiger partial charge in [-0.3, -0.25) is 14.4 Å². The Morgan fingerprint density at radius 3 is 2.11 bits per heavy atom. The Hall–Kier alpha value is -3.71. The predicted octanol–water partition coefficient (Wildman–Crippen LogP) is 4.57. The molecule has 1 saturated heterocycles. The van der Waals surface area contributed by atoms with Crippen LogP contribution in [0.3, 0.4) is 0 Å². The van der Waals surface area contributed by atoms with E-state index in [9.17, 15) is 29.1 Å². The number of benzene rings is 1. The zero-order valence-corrected chi connectivity index (χ0v) is 34.2. The van der Waals surface area contributed by atoms with Gasteiger partial charge >= 0.3 is 12.0 Å². The van der Waals surface area contributed by atoms with Gasteiger partial charge in [-0.25, -0.2) is 9.59 Å². The van der Waals surface area contributed by atoms with Crippen LogP contribution in [0, 0.1) is 17.8 Å². The molecule has 300 valence electrons. The second kappa shape index (κ2) is 20.7. The maximum absolute atomic E-state index is 14.2. The maximum Gasteiger partial charge on any atom is 0.329 e. The molecular weight excluding hydrogens is 678 g/mol. The van der Waals surface area contributed by atoms with Crippen molar-refractivity contribution in [3.63, 3.8) is 0 Å². The first-order valence-electron chi connectivity index (χ1n) is 19.2. The molecule has 2 rings (SSSR count). The van der Waals surface area contributed by atoms with Gasteiger partial charge in [-0.2, -0.15) is 0 Å². The number of likely N-dealkylation sites (N-methyl/N-ethyl adjacent to an activating group) is 1. The smallest absolute Gasteiger partial charge is 0.329 e. The van der Waals surface area contributed by atoms with Crippen molar-refractivity contribution >= 4 is 29.7 Å². The monoisotopic (exact) mass is 745 g/mol. The number of urea groups is 1. The highest BCUT2D eigenvalue weighted by Gasteiger charge is 2.44. The Kier molecular flexibility index (Phi) is 17.7. The molecule has 3 N–H and O–H groups in total. The van der Waals surface area contributed by atoms with Crippen LogP contribution in [-0.4, -0.2) is 126 Å². The number of hydrogen-bond acceptors (Lipinski definition) is 7. The van der Waals surface area contributed by atoms with Crippen LogP contribution in [0.5, 0.6) is 0 Å². The van der Waals surface area contributed by atoms with E-state index in [1.807, 2.05) is 78.8 Å². The van der Waals surface area contributed by atoms with E-state index < -0.39 is 53.7 Å². The van der Waals surface area contributed by atoms with E-state index in [0.29, 0.717) is 25.9 Å². The summed E-state index contributed by atoms with van der Waals surface area (Å²) in [6.45, 7) is 17.7. The first-order chi connectivity index (χ1) is 24.9. The van der Waals surface area contributed by atoms with E-state index in [0.717, 1.165) is 12.0 Å². The van der Waals surface area contributed by atoms with Gasteiger partial charge in [0.15, 0.2) is 0 Å². The average molecular weight is 746 g/mol. The molecule has 1 heterocycles. The zero-order valence-electron chi connectivity index (χ0n) is 34.2. The molecule has 13 nitrogen and oxygen atoms in total. The Balaban J connectivity index is 2.29. The minimum atomic E-state index is -1.56. The van der Waals surface area contributed by atoms with Crippen LogP contribution in [0.15, 0.2) is 30.3 Å². The summed E-state index contributed by atoms with van der Waals surface area (Å²) in [6, 6.07) is 7.09. The van der Waals surface area contributed by atoms with Gasteiger partial charge in [-0.1, -0.05) is 71.4 Å². The highest BCUT2D eigenvalue weighted by atomic mass is 16.5. The van der Waals surface area contributed by atoms with Gasteiger partial charge in [0.2, 0.25) is 17.7 Å². The minimum absolute atomic E-state index is 0.0134. The first kappa shape index (κ1) is 45.4. The van der Waals surface area contributed by atoms with Crippen LogP contribution in [0.4, 0.5) is 4.79 Å². The summed E-state index contributed by atoms with van der Waals surface area (Å²) < 4.78 is 11.9. The molecule has 0 aliphatic carbocycles. The number of carboxylic acid groups (broad SMARTS) is 1. The molecule has 13 heteroatoms. The van der Waals surface area contributed by atoms with Gasteiger partial charge in [-0.05, 0) is 57.9 Å². The van der Waals surface area contributed by atoms with Crippen molar-refractivity contribution in [3.8, 4) is 0 Å². The molecule has 1 aromatic rings. The summed E-state index contributed by atoms with van der Waals surface area (Å²) >= 11 is 0. The molecule has 5 amide bonds. The third-order valence-electron chi connectivity index (χ3n) is 11.0. The van der Waals surface area contributed by atoms with Crippen LogP contribution < -0.4 is 10.6 Å². The average Bonchev–Trinajstić information content (AvgIpc) is 3.60. The lowest BCUT2D eigenvalue weighted by Gasteiger charge is -2.41. The van der Waals surface area contributed by atoms with E-state index >= 15 is 0 Å². The van der Waals surface area contributed by atoms with E-state index in [4.69, 9.17) is 9.47 Å². The molecule has 53 heavy (non-hydrogen) atoms. The number of amides is 5. The number of hydrogen-bond donors (Lipinski definition) is 3. The van der Waals surface area contributed by atoms with Crippen molar-refractivity contribution in [1.82, 2.24) is 25.3 Å². The molecule has 1 aliphatic heterocycles. The minimum Gasteiger partial charge on any atom is -0.480 e. The lowest BCUT2D eigenvalue weighted by Crippen LogP contribution is -2.59. The summed E-state index contributed by atoms with van der Waals surface area (Å²) in [5.41, 5.74) is -0.784. The van der Waals surface area contributed by atoms with Crippen molar-refractivity contribution < 1.29 is 38.6 Å². The fourth-order valence-corrected chi connectivity index (χ4v) is 7.56. The van der Waals surface area contributed by atoms with E-state index in [-0.39, 0.29) is 48.6 Å². The van der Waals surface area contributed by atoms with Crippen LogP contribution in [0.2, 0.25) is 0 Å². The van der Waals surface area contributed by atoms with E-state index in [1.54, 1.807) is 28.7 Å². The fourth-order valence-electron chi connectivity index (χ4n) is 7.56. The highest BCUT2D eigenvalue weighted by Crippen LogP contribution is 2.30. The summed E-state index contributed by atoms with van der Waals surface area (Å²) in [5.74, 6) is -3.09. The van der Waals surface area contributed by atoms with Crippen molar-refractivity contribution in [2.24, 2.45) is 17.8 Å². The van der Waals surface area contributed by atoms with Gasteiger partial charge in [0.1, 0.15) is 11.6 Å². The molecule has 0 aromatic heterocycles. The van der Waals surface area contributed by atoms with Crippen LogP contribution in [0.25, 0.3) is 0 Å². The molecule has 0 radical (unpaired) electrons. The van der Waals surface area contributed by atoms with Gasteiger partial charge in [0, 0.05) is 46.8 Å². The summed E-state index contributed by atoms with van der Waals surface area (Å²) in [6.07, 6.45) is 0.756. The van der Waals surface area contributed by atoms with Crippen molar-refractivity contribution in [2.45, 2.75) is 136 Å². The topological polar surface area (TPSA) is 158 Å². The Morgan fingerprint density at radius 2 is 1.62 bits per heavy atom. The maximum atomic E-state index is 14.2. The first-order valence-corrected chi connectivity index (χ1v) is 19.2. The van der Waals surface area contributed by atoms with Crippen LogP contribution >= 0.6 is 0 Å². The standard InChI is InChI=1S/C40H67N5O8/c1-13-27(7)34(43(10)37(48)33(25(3)4)41-39(51)44(14-2)26(5)6)31(52-11)23-32(46)45-22-18-21-30(45)35(53-12)28(8)36(47)42-40(9,38(49)50)24-29-19-16-15-17-20-29/h15-17,19-20,25-28,30-31,33-35H,13-14,18,21-24H2,1-12H3,(H,41,51)(H,42,47)(H,49,50)/t27-,28+,30-,31+,33-,34-,35+,40-/m0/s1. The Bertz CT molecular complexity index is 1360. The quantitative estimate of drug-likeness (QED) is 0.175. The lowest BCUT2D eigenvalue weighted by molar-refractivity contribution is -0.150. The molecular formula is C40H67N5O8. The van der Waals surface area contributed by atoms with Crippen LogP contribution in [-0.2, 0) is 35.1 Å². The lowest BCUT2D eigenvalue weighted by atomic mass is 9.89. The molecule has 1 aromatic carbocycles. The molecule has 0 bridgehead atoms. The summed E-state index contributed by atoms with van der Waals surface area (Å²) in [7, 11) is 4.74. The van der Waals surface area contributed by atoms with Gasteiger partial charge in [0.25, 0.3) is 0 Å². The van der Waals surface area contributed by atoms with Crippen molar-refractivity contribution in [2.75, 3.05) is 34.4 Å². The molecule has 1 fully saturated rings. The SMILES string of the molecule is CC[C@H](C)[C@@H]([C@@H](CC(=O)N1CCC[C@H]1[C@H](OC)[C@@H](C)C(=O)N[C@@](C)(Cc1ccccc1)C(=O)O)OC)N(C)C(=O)[C@@H](NC(=O)N(CC)C(C)C)C(C)C. The number of carboxylic acids is 1. The number of carbonyl (C=O) groups excluding carboxylic acids is 4. The largest absolute Gasteiger partial charge is 0.480 e. The summed E-state index contributed by atoms with van der Waals surface area (Å²) in [4.78, 5) is 72.6. The van der Waals surface area contributed by atoms with Gasteiger partial charge in [-0.15, -0.1) is 0 Å². The normalized spacial score (nSPS) is 19.1. The fraction of sp³-hybridized carbons (Fsp3) is 0.725. The van der Waals surface area contributed by atoms with Crippen LogP contribution in [0.1, 0.15) is 93.6 Å². The zero-order chi connectivity index (χ0) is 40.2. The van der Waals surface area contributed by atoms with E-state index in [2.05, 4.69) is 10.6 Å². The molecule has 0 unspecified atom stereocenters. The van der Waals surface area contributed by atoms with Gasteiger partial charge < -0.3 is 39.9 Å².